The Kier molecular flexibility index (Phi) is 5.34. The molecular formula is C14H15N7O3. The number of rotatable bonds is 4. The molecule has 1 aliphatic rings. The number of hydrogen-bond acceptors (Lipinski definition) is 7. The number of nitrogens with one attached hydrogen (secondary N) is 2. The van der Waals surface area contributed by atoms with E-state index in [1.807, 2.05) is 37.3 Å². The van der Waals surface area contributed by atoms with Gasteiger partial charge in [0.1, 0.15) is 0 Å². The number of carbonyl (C=O) groups is 2. The molecule has 10 heteroatoms. The number of carboxylic acids is 1. The molecule has 1 amide bonds. The van der Waals surface area contributed by atoms with E-state index in [2.05, 4.69) is 37.5 Å². The van der Waals surface area contributed by atoms with Gasteiger partial charge in [-0.1, -0.05) is 18.2 Å². The number of H-pyrrole nitrogens is 1. The zero-order valence-electron chi connectivity index (χ0n) is 12.8. The summed E-state index contributed by atoms with van der Waals surface area (Å²) in [6, 6.07) is 9.46. The molecule has 0 saturated carbocycles. The molecule has 0 bridgehead atoms. The van der Waals surface area contributed by atoms with Gasteiger partial charge in [0.15, 0.2) is 0 Å². The maximum absolute atomic E-state index is 11.4. The van der Waals surface area contributed by atoms with Crippen molar-refractivity contribution in [3.8, 4) is 0 Å². The lowest BCUT2D eigenvalue weighted by atomic mass is 10.3. The molecule has 1 aromatic heterocycles. The quantitative estimate of drug-likeness (QED) is 0.572. The van der Waals surface area contributed by atoms with Crippen LogP contribution < -0.4 is 10.4 Å². The first-order chi connectivity index (χ1) is 11.5. The summed E-state index contributed by atoms with van der Waals surface area (Å²) < 4.78 is 0. The molecule has 24 heavy (non-hydrogen) atoms. The topological polar surface area (TPSA) is 136 Å². The van der Waals surface area contributed by atoms with Crippen molar-refractivity contribution in [1.82, 2.24) is 15.2 Å². The van der Waals surface area contributed by atoms with E-state index in [9.17, 15) is 9.59 Å². The molecular weight excluding hydrogens is 314 g/mol. The van der Waals surface area contributed by atoms with Gasteiger partial charge < -0.3 is 5.11 Å². The van der Waals surface area contributed by atoms with Gasteiger partial charge in [0.25, 0.3) is 11.9 Å². The van der Waals surface area contributed by atoms with Crippen LogP contribution in [-0.2, 0) is 4.79 Å². The van der Waals surface area contributed by atoms with E-state index in [4.69, 9.17) is 5.11 Å². The zero-order valence-corrected chi connectivity index (χ0v) is 12.8. The highest BCUT2D eigenvalue weighted by Gasteiger charge is 2.21. The van der Waals surface area contributed by atoms with E-state index in [-0.39, 0.29) is 17.7 Å². The first kappa shape index (κ1) is 16.8. The van der Waals surface area contributed by atoms with Gasteiger partial charge in [0, 0.05) is 12.4 Å². The molecule has 3 rings (SSSR count). The number of para-hydroxylation sites is 1. The summed E-state index contributed by atoms with van der Waals surface area (Å²) in [5, 5.41) is 22.8. The molecule has 0 fully saturated rings. The normalized spacial score (nSPS) is 13.0. The highest BCUT2D eigenvalue weighted by molar-refractivity contribution is 6.12. The minimum atomic E-state index is -1.17. The monoisotopic (exact) mass is 329 g/mol. The molecule has 0 aliphatic carbocycles. The third kappa shape index (κ3) is 4.22. The molecule has 2 aromatic rings. The maximum atomic E-state index is 11.4. The first-order valence-corrected chi connectivity index (χ1v) is 6.80. The number of amides is 1. The van der Waals surface area contributed by atoms with Crippen LogP contribution in [0.1, 0.15) is 24.0 Å². The number of carboxylic acid groups (broad SMARTS) is 1. The Morgan fingerprint density at radius 2 is 2.12 bits per heavy atom. The van der Waals surface area contributed by atoms with Gasteiger partial charge in [0.2, 0.25) is 5.82 Å². The summed E-state index contributed by atoms with van der Waals surface area (Å²) in [5.74, 6) is -1.29. The van der Waals surface area contributed by atoms with Crippen LogP contribution in [0.3, 0.4) is 0 Å². The summed E-state index contributed by atoms with van der Waals surface area (Å²) in [4.78, 5) is 25.1. The lowest BCUT2D eigenvalue weighted by Gasteiger charge is -2.10. The average Bonchev–Trinajstić information content (AvgIpc) is 3.16. The highest BCUT2D eigenvalue weighted by atomic mass is 16.4. The van der Waals surface area contributed by atoms with Crippen LogP contribution in [0.15, 0.2) is 40.5 Å². The van der Waals surface area contributed by atoms with Gasteiger partial charge in [-0.3, -0.25) is 9.89 Å². The molecule has 0 unspecified atom stereocenters. The lowest BCUT2D eigenvalue weighted by molar-refractivity contribution is -0.116. The van der Waals surface area contributed by atoms with Crippen molar-refractivity contribution in [3.63, 3.8) is 0 Å². The Hall–Kier alpha value is -3.56. The summed E-state index contributed by atoms with van der Waals surface area (Å²) in [6.45, 7) is 4.97. The molecule has 1 aromatic carbocycles. The van der Waals surface area contributed by atoms with Crippen molar-refractivity contribution in [1.29, 1.82) is 0 Å². The van der Waals surface area contributed by atoms with Gasteiger partial charge >= 0.3 is 5.97 Å². The number of nitrogens with zero attached hydrogens (tertiary/aromatic N) is 5. The molecule has 0 saturated heterocycles. The first-order valence-electron chi connectivity index (χ1n) is 6.80. The van der Waals surface area contributed by atoms with E-state index in [0.717, 1.165) is 11.4 Å². The van der Waals surface area contributed by atoms with E-state index < -0.39 is 5.97 Å². The van der Waals surface area contributed by atoms with Gasteiger partial charge in [-0.15, -0.1) is 5.10 Å². The fourth-order valence-electron chi connectivity index (χ4n) is 1.80. The van der Waals surface area contributed by atoms with Crippen molar-refractivity contribution < 1.29 is 14.7 Å². The Labute approximate surface area is 136 Å². The van der Waals surface area contributed by atoms with Crippen LogP contribution >= 0.6 is 0 Å². The number of aromatic carboxylic acids is 1. The molecule has 0 spiro atoms. The van der Waals surface area contributed by atoms with E-state index in [1.165, 1.54) is 5.01 Å². The van der Waals surface area contributed by atoms with Gasteiger partial charge in [-0.2, -0.15) is 15.2 Å². The molecule has 0 radical (unpaired) electrons. The fraction of sp³-hybridized carbons (Fsp3) is 0.143. The second-order valence-corrected chi connectivity index (χ2v) is 4.64. The zero-order chi connectivity index (χ0) is 17.5. The van der Waals surface area contributed by atoms with Crippen LogP contribution in [-0.4, -0.2) is 44.6 Å². The summed E-state index contributed by atoms with van der Waals surface area (Å²) >= 11 is 0. The van der Waals surface area contributed by atoms with Crippen LogP contribution in [0.2, 0.25) is 0 Å². The molecule has 0 atom stereocenters. The third-order valence-electron chi connectivity index (χ3n) is 2.78. The maximum Gasteiger partial charge on any atom is 0.373 e. The molecule has 124 valence electrons. The summed E-state index contributed by atoms with van der Waals surface area (Å²) in [5.41, 5.74) is 3.99. The van der Waals surface area contributed by atoms with Crippen molar-refractivity contribution >= 4 is 35.9 Å². The van der Waals surface area contributed by atoms with Crippen LogP contribution in [0.25, 0.3) is 0 Å². The number of carbonyl (C=O) groups excluding carboxylic acids is 1. The van der Waals surface area contributed by atoms with Crippen LogP contribution in [0, 0.1) is 0 Å². The minimum absolute atomic E-state index is 0.0451. The summed E-state index contributed by atoms with van der Waals surface area (Å²) in [7, 11) is 0. The number of benzene rings is 1. The van der Waals surface area contributed by atoms with Crippen LogP contribution in [0.4, 0.5) is 11.6 Å². The van der Waals surface area contributed by atoms with Crippen LogP contribution in [0.5, 0.6) is 0 Å². The fourth-order valence-corrected chi connectivity index (χ4v) is 1.80. The SMILES string of the molecule is C=NNc1n[nH]c(C(=O)O)n1.CC1=NN(c2ccccc2)C(=O)C1. The van der Waals surface area contributed by atoms with Gasteiger partial charge in [-0.05, 0) is 19.1 Å². The lowest BCUT2D eigenvalue weighted by Crippen LogP contribution is -2.19. The Morgan fingerprint density at radius 3 is 2.62 bits per heavy atom. The third-order valence-corrected chi connectivity index (χ3v) is 2.78. The minimum Gasteiger partial charge on any atom is -0.475 e. The number of anilines is 2. The number of aromatic amines is 1. The van der Waals surface area contributed by atoms with Gasteiger partial charge in [-0.25, -0.2) is 15.2 Å². The molecule has 3 N–H and O–H groups in total. The van der Waals surface area contributed by atoms with Crippen molar-refractivity contribution in [2.45, 2.75) is 13.3 Å². The predicted molar refractivity (Wildman–Crippen MR) is 88.2 cm³/mol. The standard InChI is InChI=1S/C10H10N2O.C4H5N5O2/c1-8-7-10(13)12(11-8)9-5-3-2-4-6-9;1-5-8-4-6-2(3(10)11)7-9-4/h2-6H,7H2,1H3;1H2,(H,10,11)(H2,6,7,8,9). The predicted octanol–water partition coefficient (Wildman–Crippen LogP) is 1.33. The number of hydrazone groups is 2. The number of hydrogen-bond donors (Lipinski definition) is 3. The second kappa shape index (κ2) is 7.63. The molecule has 1 aliphatic heterocycles. The Bertz CT molecular complexity index is 770. The Morgan fingerprint density at radius 1 is 1.42 bits per heavy atom. The largest absolute Gasteiger partial charge is 0.475 e. The Balaban J connectivity index is 0.000000177. The molecule has 2 heterocycles. The van der Waals surface area contributed by atoms with E-state index in [0.29, 0.717) is 6.42 Å². The van der Waals surface area contributed by atoms with E-state index >= 15 is 0 Å². The molecule has 10 nitrogen and oxygen atoms in total. The average molecular weight is 329 g/mol. The highest BCUT2D eigenvalue weighted by Crippen LogP contribution is 2.19. The van der Waals surface area contributed by atoms with E-state index in [1.54, 1.807) is 0 Å². The summed E-state index contributed by atoms with van der Waals surface area (Å²) in [6.07, 6.45) is 0.439. The van der Waals surface area contributed by atoms with Crippen molar-refractivity contribution in [3.05, 3.63) is 36.2 Å². The van der Waals surface area contributed by atoms with Crippen molar-refractivity contribution in [2.24, 2.45) is 10.2 Å². The van der Waals surface area contributed by atoms with Crippen molar-refractivity contribution in [2.75, 3.05) is 10.4 Å². The number of aromatic nitrogens is 3. The smallest absolute Gasteiger partial charge is 0.373 e. The second-order valence-electron chi connectivity index (χ2n) is 4.64. The van der Waals surface area contributed by atoms with Gasteiger partial charge in [0.05, 0.1) is 12.1 Å².